The summed E-state index contributed by atoms with van der Waals surface area (Å²) in [5.74, 6) is 1.82. The van der Waals surface area contributed by atoms with Crippen LogP contribution in [0.15, 0.2) is 12.4 Å². The predicted molar refractivity (Wildman–Crippen MR) is 63.7 cm³/mol. The van der Waals surface area contributed by atoms with E-state index in [1.807, 2.05) is 12.4 Å². The molecule has 3 heteroatoms. The fourth-order valence-electron chi connectivity index (χ4n) is 1.87. The first-order valence-corrected chi connectivity index (χ1v) is 5.92. The molecule has 1 aromatic heterocycles. The monoisotopic (exact) mass is 209 g/mol. The van der Waals surface area contributed by atoms with E-state index in [1.54, 1.807) is 0 Å². The van der Waals surface area contributed by atoms with Crippen molar-refractivity contribution in [2.24, 2.45) is 5.92 Å². The maximum atomic E-state index is 4.35. The first-order chi connectivity index (χ1) is 7.19. The van der Waals surface area contributed by atoms with E-state index in [2.05, 4.69) is 42.6 Å². The number of aryl methyl sites for hydroxylation is 1. The van der Waals surface area contributed by atoms with Gasteiger partial charge in [-0.25, -0.2) is 4.98 Å². The molecule has 0 radical (unpaired) electrons. The molecule has 0 bridgehead atoms. The van der Waals surface area contributed by atoms with E-state index in [1.165, 1.54) is 6.42 Å². The molecule has 15 heavy (non-hydrogen) atoms. The Morgan fingerprint density at radius 2 is 2.13 bits per heavy atom. The van der Waals surface area contributed by atoms with Gasteiger partial charge < -0.3 is 9.88 Å². The Labute approximate surface area is 92.9 Å². The van der Waals surface area contributed by atoms with Crippen LogP contribution in [-0.2, 0) is 13.1 Å². The fourth-order valence-corrected chi connectivity index (χ4v) is 1.87. The maximum absolute atomic E-state index is 4.35. The zero-order valence-electron chi connectivity index (χ0n) is 10.3. The SMILES string of the molecule is CCC(NCc1nccn1CC)C(C)C. The van der Waals surface area contributed by atoms with E-state index < -0.39 is 0 Å². The van der Waals surface area contributed by atoms with E-state index >= 15 is 0 Å². The molecule has 0 saturated heterocycles. The zero-order valence-corrected chi connectivity index (χ0v) is 10.3. The van der Waals surface area contributed by atoms with E-state index in [4.69, 9.17) is 0 Å². The summed E-state index contributed by atoms with van der Waals surface area (Å²) >= 11 is 0. The smallest absolute Gasteiger partial charge is 0.122 e. The number of hydrogen-bond donors (Lipinski definition) is 1. The van der Waals surface area contributed by atoms with Crippen LogP contribution in [0.25, 0.3) is 0 Å². The molecule has 3 nitrogen and oxygen atoms in total. The molecule has 1 atom stereocenters. The lowest BCUT2D eigenvalue weighted by Crippen LogP contribution is -2.33. The molecule has 1 N–H and O–H groups in total. The third-order valence-corrected chi connectivity index (χ3v) is 2.91. The summed E-state index contributed by atoms with van der Waals surface area (Å²) < 4.78 is 2.18. The highest BCUT2D eigenvalue weighted by Gasteiger charge is 2.11. The van der Waals surface area contributed by atoms with Crippen LogP contribution in [0.1, 0.15) is 39.9 Å². The van der Waals surface area contributed by atoms with Crippen LogP contribution in [0.5, 0.6) is 0 Å². The Morgan fingerprint density at radius 1 is 1.40 bits per heavy atom. The molecule has 86 valence electrons. The lowest BCUT2D eigenvalue weighted by atomic mass is 10.0. The number of nitrogens with zero attached hydrogens (tertiary/aromatic N) is 2. The van der Waals surface area contributed by atoms with E-state index in [9.17, 15) is 0 Å². The molecule has 0 aliphatic carbocycles. The number of hydrogen-bond acceptors (Lipinski definition) is 2. The standard InChI is InChI=1S/C12H23N3/c1-5-11(10(3)4)14-9-12-13-7-8-15(12)6-2/h7-8,10-11,14H,5-6,9H2,1-4H3. The van der Waals surface area contributed by atoms with Gasteiger partial charge in [0.25, 0.3) is 0 Å². The van der Waals surface area contributed by atoms with Crippen LogP contribution in [0.2, 0.25) is 0 Å². The van der Waals surface area contributed by atoms with Gasteiger partial charge in [-0.05, 0) is 19.3 Å². The molecule has 0 aliphatic heterocycles. The normalized spacial score (nSPS) is 13.4. The Morgan fingerprint density at radius 3 is 2.67 bits per heavy atom. The minimum atomic E-state index is 0.590. The first-order valence-electron chi connectivity index (χ1n) is 5.92. The van der Waals surface area contributed by atoms with Crippen molar-refractivity contribution in [1.82, 2.24) is 14.9 Å². The molecule has 0 spiro atoms. The molecule has 0 amide bonds. The van der Waals surface area contributed by atoms with E-state index in [0.29, 0.717) is 12.0 Å². The van der Waals surface area contributed by atoms with Gasteiger partial charge in [0.1, 0.15) is 5.82 Å². The van der Waals surface area contributed by atoms with Crippen molar-refractivity contribution in [3.63, 3.8) is 0 Å². The van der Waals surface area contributed by atoms with Crippen LogP contribution in [0.4, 0.5) is 0 Å². The second kappa shape index (κ2) is 5.91. The lowest BCUT2D eigenvalue weighted by Gasteiger charge is -2.20. The fraction of sp³-hybridized carbons (Fsp3) is 0.750. The van der Waals surface area contributed by atoms with Gasteiger partial charge >= 0.3 is 0 Å². The summed E-state index contributed by atoms with van der Waals surface area (Å²) in [6.45, 7) is 10.8. The quantitative estimate of drug-likeness (QED) is 0.780. The van der Waals surface area contributed by atoms with Gasteiger partial charge in [-0.2, -0.15) is 0 Å². The van der Waals surface area contributed by atoms with Crippen molar-refractivity contribution in [2.45, 2.75) is 53.2 Å². The summed E-state index contributed by atoms with van der Waals surface area (Å²) in [6, 6.07) is 0.590. The van der Waals surface area contributed by atoms with Gasteiger partial charge in [0, 0.05) is 25.0 Å². The second-order valence-electron chi connectivity index (χ2n) is 4.27. The average Bonchev–Trinajstić information content (AvgIpc) is 2.65. The van der Waals surface area contributed by atoms with Crippen molar-refractivity contribution in [3.8, 4) is 0 Å². The molecular weight excluding hydrogens is 186 g/mol. The average molecular weight is 209 g/mol. The third-order valence-electron chi connectivity index (χ3n) is 2.91. The predicted octanol–water partition coefficient (Wildman–Crippen LogP) is 2.43. The van der Waals surface area contributed by atoms with Gasteiger partial charge in [0.15, 0.2) is 0 Å². The van der Waals surface area contributed by atoms with Crippen LogP contribution in [0.3, 0.4) is 0 Å². The molecule has 1 heterocycles. The number of imidazole rings is 1. The van der Waals surface area contributed by atoms with Crippen molar-refractivity contribution < 1.29 is 0 Å². The molecular formula is C12H23N3. The molecule has 1 rings (SSSR count). The topological polar surface area (TPSA) is 29.9 Å². The summed E-state index contributed by atoms with van der Waals surface area (Å²) in [7, 11) is 0. The van der Waals surface area contributed by atoms with Gasteiger partial charge in [-0.1, -0.05) is 20.8 Å². The molecule has 0 aromatic carbocycles. The third kappa shape index (κ3) is 3.34. The zero-order chi connectivity index (χ0) is 11.3. The summed E-state index contributed by atoms with van der Waals surface area (Å²) in [5, 5.41) is 3.56. The highest BCUT2D eigenvalue weighted by molar-refractivity contribution is 4.92. The minimum Gasteiger partial charge on any atom is -0.334 e. The van der Waals surface area contributed by atoms with Gasteiger partial charge in [0.05, 0.1) is 6.54 Å². The molecule has 1 aromatic rings. The lowest BCUT2D eigenvalue weighted by molar-refractivity contribution is 0.380. The van der Waals surface area contributed by atoms with Crippen molar-refractivity contribution >= 4 is 0 Å². The molecule has 0 aliphatic rings. The summed E-state index contributed by atoms with van der Waals surface area (Å²) in [6.07, 6.45) is 5.08. The largest absolute Gasteiger partial charge is 0.334 e. The molecule has 0 saturated carbocycles. The van der Waals surface area contributed by atoms with Crippen LogP contribution in [-0.4, -0.2) is 15.6 Å². The minimum absolute atomic E-state index is 0.590. The van der Waals surface area contributed by atoms with Crippen molar-refractivity contribution in [3.05, 3.63) is 18.2 Å². The van der Waals surface area contributed by atoms with Crippen molar-refractivity contribution in [2.75, 3.05) is 0 Å². The second-order valence-corrected chi connectivity index (χ2v) is 4.27. The van der Waals surface area contributed by atoms with Gasteiger partial charge in [0.2, 0.25) is 0 Å². The maximum Gasteiger partial charge on any atom is 0.122 e. The Kier molecular flexibility index (Phi) is 4.82. The van der Waals surface area contributed by atoms with Crippen molar-refractivity contribution in [1.29, 1.82) is 0 Å². The van der Waals surface area contributed by atoms with Crippen LogP contribution < -0.4 is 5.32 Å². The summed E-state index contributed by atoms with van der Waals surface area (Å²) in [4.78, 5) is 4.35. The number of aromatic nitrogens is 2. The highest BCUT2D eigenvalue weighted by atomic mass is 15.1. The van der Waals surface area contributed by atoms with Gasteiger partial charge in [-0.3, -0.25) is 0 Å². The van der Waals surface area contributed by atoms with E-state index in [-0.39, 0.29) is 0 Å². The number of rotatable bonds is 6. The van der Waals surface area contributed by atoms with E-state index in [0.717, 1.165) is 18.9 Å². The van der Waals surface area contributed by atoms with Gasteiger partial charge in [-0.15, -0.1) is 0 Å². The van der Waals surface area contributed by atoms with Crippen LogP contribution >= 0.6 is 0 Å². The first kappa shape index (κ1) is 12.2. The molecule has 1 unspecified atom stereocenters. The Balaban J connectivity index is 2.48. The Bertz CT molecular complexity index is 278. The number of nitrogens with one attached hydrogen (secondary N) is 1. The highest BCUT2D eigenvalue weighted by Crippen LogP contribution is 2.06. The summed E-state index contributed by atoms with van der Waals surface area (Å²) in [5.41, 5.74) is 0. The molecule has 0 fully saturated rings. The Hall–Kier alpha value is -0.830. The van der Waals surface area contributed by atoms with Crippen LogP contribution in [0, 0.1) is 5.92 Å².